The van der Waals surface area contributed by atoms with Crippen LogP contribution in [0.1, 0.15) is 6.92 Å². The molecule has 0 heterocycles. The van der Waals surface area contributed by atoms with Gasteiger partial charge in [-0.1, -0.05) is 13.2 Å². The molecule has 1 N–H and O–H groups in total. The summed E-state index contributed by atoms with van der Waals surface area (Å²) in [6, 6.07) is 0. The predicted octanol–water partition coefficient (Wildman–Crippen LogP) is 1.26. The van der Waals surface area contributed by atoms with E-state index in [9.17, 15) is 0 Å². The molecule has 0 spiro atoms. The van der Waals surface area contributed by atoms with E-state index in [1.165, 1.54) is 6.08 Å². The molecule has 1 heteroatoms. The molecule has 0 fully saturated rings. The van der Waals surface area contributed by atoms with E-state index in [0.717, 1.165) is 0 Å². The normalized spacial score (nSPS) is 11.8. The van der Waals surface area contributed by atoms with Crippen LogP contribution >= 0.6 is 0 Å². The third-order valence-corrected chi connectivity index (χ3v) is 0.781. The van der Waals surface area contributed by atoms with E-state index in [1.807, 2.05) is 0 Å². The van der Waals surface area contributed by atoms with Crippen molar-refractivity contribution in [3.05, 3.63) is 30.5 Å². The van der Waals surface area contributed by atoms with E-state index in [1.54, 1.807) is 6.92 Å². The van der Waals surface area contributed by atoms with Crippen molar-refractivity contribution in [2.45, 2.75) is 13.0 Å². The SMILES string of the molecule is C=C=CC(O)C(=C)C. The third kappa shape index (κ3) is 2.40. The van der Waals surface area contributed by atoms with Gasteiger partial charge in [-0.3, -0.25) is 0 Å². The molecule has 0 bridgehead atoms. The molecule has 0 aromatic rings. The topological polar surface area (TPSA) is 20.2 Å². The molecule has 44 valence electrons. The summed E-state index contributed by atoms with van der Waals surface area (Å²) in [5, 5.41) is 8.87. The van der Waals surface area contributed by atoms with Crippen molar-refractivity contribution in [2.75, 3.05) is 0 Å². The first-order valence-electron chi connectivity index (χ1n) is 2.38. The van der Waals surface area contributed by atoms with Gasteiger partial charge in [-0.05, 0) is 18.6 Å². The standard InChI is InChI=1S/C7H10O/c1-4-5-7(8)6(2)3/h5,7-8H,1-2H2,3H3. The van der Waals surface area contributed by atoms with Gasteiger partial charge in [-0.15, -0.1) is 5.73 Å². The Bertz CT molecular complexity index is 127. The van der Waals surface area contributed by atoms with Crippen LogP contribution in [0.4, 0.5) is 0 Å². The Morgan fingerprint density at radius 3 is 2.50 bits per heavy atom. The monoisotopic (exact) mass is 110 g/mol. The Morgan fingerprint density at radius 1 is 1.88 bits per heavy atom. The Kier molecular flexibility index (Phi) is 2.93. The van der Waals surface area contributed by atoms with Gasteiger partial charge < -0.3 is 5.11 Å². The molecule has 0 amide bonds. The smallest absolute Gasteiger partial charge is 0.0999 e. The number of aliphatic hydroxyl groups excluding tert-OH is 1. The lowest BCUT2D eigenvalue weighted by molar-refractivity contribution is 0.260. The van der Waals surface area contributed by atoms with Crippen LogP contribution in [-0.4, -0.2) is 11.2 Å². The first kappa shape index (κ1) is 7.22. The third-order valence-electron chi connectivity index (χ3n) is 0.781. The van der Waals surface area contributed by atoms with Crippen LogP contribution in [0.3, 0.4) is 0 Å². The Balaban J connectivity index is 3.82. The van der Waals surface area contributed by atoms with Crippen LogP contribution in [0, 0.1) is 0 Å². The Labute approximate surface area is 49.7 Å². The molecule has 0 saturated heterocycles. The minimum atomic E-state index is -0.576. The van der Waals surface area contributed by atoms with E-state index in [2.05, 4.69) is 18.9 Å². The molecule has 1 unspecified atom stereocenters. The molecule has 0 radical (unpaired) electrons. The molecule has 0 saturated carbocycles. The fourth-order valence-electron chi connectivity index (χ4n) is 0.254. The van der Waals surface area contributed by atoms with Gasteiger partial charge in [-0.25, -0.2) is 0 Å². The first-order valence-corrected chi connectivity index (χ1v) is 2.38. The molecule has 0 rings (SSSR count). The molecule has 0 aliphatic heterocycles. The average Bonchev–Trinajstić information content (AvgIpc) is 1.67. The van der Waals surface area contributed by atoms with E-state index >= 15 is 0 Å². The van der Waals surface area contributed by atoms with Crippen molar-refractivity contribution in [3.63, 3.8) is 0 Å². The zero-order valence-electron chi connectivity index (χ0n) is 5.02. The molecular formula is C7H10O. The fourth-order valence-corrected chi connectivity index (χ4v) is 0.254. The lowest BCUT2D eigenvalue weighted by Crippen LogP contribution is -2.00. The van der Waals surface area contributed by atoms with Gasteiger partial charge >= 0.3 is 0 Å². The minimum Gasteiger partial charge on any atom is -0.384 e. The number of hydrogen-bond acceptors (Lipinski definition) is 1. The van der Waals surface area contributed by atoms with E-state index < -0.39 is 6.10 Å². The molecular weight excluding hydrogens is 100 g/mol. The summed E-state index contributed by atoms with van der Waals surface area (Å²) in [6.07, 6.45) is 0.884. The van der Waals surface area contributed by atoms with Crippen LogP contribution < -0.4 is 0 Å². The van der Waals surface area contributed by atoms with Crippen LogP contribution in [0.5, 0.6) is 0 Å². The van der Waals surface area contributed by atoms with Gasteiger partial charge in [0, 0.05) is 0 Å². The largest absolute Gasteiger partial charge is 0.384 e. The quantitative estimate of drug-likeness (QED) is 0.419. The summed E-state index contributed by atoms with van der Waals surface area (Å²) in [4.78, 5) is 0. The van der Waals surface area contributed by atoms with Crippen LogP contribution in [-0.2, 0) is 0 Å². The van der Waals surface area contributed by atoms with Crippen molar-refractivity contribution in [3.8, 4) is 0 Å². The van der Waals surface area contributed by atoms with E-state index in [4.69, 9.17) is 5.11 Å². The zero-order chi connectivity index (χ0) is 6.57. The van der Waals surface area contributed by atoms with E-state index in [0.29, 0.717) is 5.57 Å². The molecule has 0 aromatic carbocycles. The highest BCUT2D eigenvalue weighted by molar-refractivity contribution is 5.06. The maximum absolute atomic E-state index is 8.87. The predicted molar refractivity (Wildman–Crippen MR) is 34.5 cm³/mol. The Hall–Kier alpha value is -0.780. The summed E-state index contributed by atoms with van der Waals surface area (Å²) >= 11 is 0. The number of rotatable bonds is 2. The number of aliphatic hydroxyl groups is 1. The van der Waals surface area contributed by atoms with E-state index in [-0.39, 0.29) is 0 Å². The van der Waals surface area contributed by atoms with Crippen LogP contribution in [0.25, 0.3) is 0 Å². The van der Waals surface area contributed by atoms with Crippen LogP contribution in [0.15, 0.2) is 30.5 Å². The minimum absolute atomic E-state index is 0.576. The second-order valence-electron chi connectivity index (χ2n) is 1.66. The summed E-state index contributed by atoms with van der Waals surface area (Å²) in [7, 11) is 0. The van der Waals surface area contributed by atoms with Crippen molar-refractivity contribution in [2.24, 2.45) is 0 Å². The maximum Gasteiger partial charge on any atom is 0.0999 e. The van der Waals surface area contributed by atoms with Crippen molar-refractivity contribution in [1.29, 1.82) is 0 Å². The summed E-state index contributed by atoms with van der Waals surface area (Å²) in [5.41, 5.74) is 3.17. The van der Waals surface area contributed by atoms with Crippen LogP contribution in [0.2, 0.25) is 0 Å². The second-order valence-corrected chi connectivity index (χ2v) is 1.66. The molecule has 1 atom stereocenters. The molecule has 0 aliphatic rings. The van der Waals surface area contributed by atoms with Gasteiger partial charge in [0.15, 0.2) is 0 Å². The first-order chi connectivity index (χ1) is 3.68. The van der Waals surface area contributed by atoms with Crippen molar-refractivity contribution < 1.29 is 5.11 Å². The lowest BCUT2D eigenvalue weighted by atomic mass is 10.2. The second kappa shape index (κ2) is 3.25. The zero-order valence-corrected chi connectivity index (χ0v) is 5.02. The van der Waals surface area contributed by atoms with Gasteiger partial charge in [0.05, 0.1) is 6.10 Å². The molecule has 0 aliphatic carbocycles. The highest BCUT2D eigenvalue weighted by Crippen LogP contribution is 1.96. The summed E-state index contributed by atoms with van der Waals surface area (Å²) in [6.45, 7) is 8.57. The van der Waals surface area contributed by atoms with Gasteiger partial charge in [-0.2, -0.15) is 0 Å². The highest BCUT2D eigenvalue weighted by Gasteiger charge is 1.94. The van der Waals surface area contributed by atoms with Crippen molar-refractivity contribution in [1.82, 2.24) is 0 Å². The lowest BCUT2D eigenvalue weighted by Gasteiger charge is -1.99. The highest BCUT2D eigenvalue weighted by atomic mass is 16.3. The average molecular weight is 110 g/mol. The van der Waals surface area contributed by atoms with Gasteiger partial charge in [0.25, 0.3) is 0 Å². The van der Waals surface area contributed by atoms with Gasteiger partial charge in [0.2, 0.25) is 0 Å². The summed E-state index contributed by atoms with van der Waals surface area (Å²) < 4.78 is 0. The maximum atomic E-state index is 8.87. The molecule has 8 heavy (non-hydrogen) atoms. The molecule has 0 aromatic heterocycles. The van der Waals surface area contributed by atoms with Crippen molar-refractivity contribution >= 4 is 0 Å². The number of hydrogen-bond donors (Lipinski definition) is 1. The van der Waals surface area contributed by atoms with Gasteiger partial charge in [0.1, 0.15) is 0 Å². The molecule has 1 nitrogen and oxygen atoms in total. The summed E-state index contributed by atoms with van der Waals surface area (Å²) in [5.74, 6) is 0. The Morgan fingerprint density at radius 2 is 2.38 bits per heavy atom. The fraction of sp³-hybridized carbons (Fsp3) is 0.286.